The largest absolute Gasteiger partial charge is 0.348 e. The molecular formula is C21H23N3O2S. The van der Waals surface area contributed by atoms with Gasteiger partial charge >= 0.3 is 0 Å². The Balaban J connectivity index is 1.59. The smallest absolute Gasteiger partial charge is 0.271 e. The number of hydrogen-bond donors (Lipinski definition) is 1. The van der Waals surface area contributed by atoms with Crippen molar-refractivity contribution >= 4 is 22.2 Å². The Morgan fingerprint density at radius 1 is 1.15 bits per heavy atom. The second-order valence-electron chi connectivity index (χ2n) is 6.98. The molecule has 0 saturated heterocycles. The molecule has 0 radical (unpaired) electrons. The van der Waals surface area contributed by atoms with Gasteiger partial charge in [-0.2, -0.15) is 0 Å². The van der Waals surface area contributed by atoms with Crippen molar-refractivity contribution in [1.29, 1.82) is 0 Å². The van der Waals surface area contributed by atoms with Crippen molar-refractivity contribution in [1.82, 2.24) is 14.7 Å². The maximum absolute atomic E-state index is 13.0. The highest BCUT2D eigenvalue weighted by Gasteiger charge is 2.20. The number of amides is 1. The molecule has 2 heterocycles. The number of fused-ring (bicyclic) bond motifs is 3. The predicted molar refractivity (Wildman–Crippen MR) is 108 cm³/mol. The number of aryl methyl sites for hydroxylation is 3. The van der Waals surface area contributed by atoms with Crippen LogP contribution in [0.25, 0.3) is 4.96 Å². The molecule has 140 valence electrons. The van der Waals surface area contributed by atoms with Gasteiger partial charge in [0, 0.05) is 23.3 Å². The SMILES string of the molecule is CCc1ccc(CNC(=O)c2cnc3sc4c(n3c2=O)CCCCC4)cc1. The van der Waals surface area contributed by atoms with Crippen molar-refractivity contribution in [3.8, 4) is 0 Å². The Morgan fingerprint density at radius 3 is 2.67 bits per heavy atom. The van der Waals surface area contributed by atoms with Crippen LogP contribution >= 0.6 is 11.3 Å². The van der Waals surface area contributed by atoms with E-state index in [-0.39, 0.29) is 17.0 Å². The Morgan fingerprint density at radius 2 is 1.89 bits per heavy atom. The van der Waals surface area contributed by atoms with Crippen molar-refractivity contribution in [2.45, 2.75) is 52.0 Å². The third kappa shape index (κ3) is 3.54. The molecule has 0 bridgehead atoms. The first-order valence-corrected chi connectivity index (χ1v) is 10.4. The fourth-order valence-corrected chi connectivity index (χ4v) is 4.74. The molecule has 1 amide bonds. The summed E-state index contributed by atoms with van der Waals surface area (Å²) < 4.78 is 1.66. The minimum Gasteiger partial charge on any atom is -0.348 e. The first-order chi connectivity index (χ1) is 13.2. The van der Waals surface area contributed by atoms with E-state index in [0.29, 0.717) is 11.5 Å². The summed E-state index contributed by atoms with van der Waals surface area (Å²) >= 11 is 1.58. The first kappa shape index (κ1) is 17.9. The van der Waals surface area contributed by atoms with Gasteiger partial charge in [-0.15, -0.1) is 11.3 Å². The third-order valence-electron chi connectivity index (χ3n) is 5.18. The van der Waals surface area contributed by atoms with Crippen LogP contribution in [0.1, 0.15) is 58.2 Å². The summed E-state index contributed by atoms with van der Waals surface area (Å²) in [7, 11) is 0. The molecule has 6 heteroatoms. The van der Waals surface area contributed by atoms with Crippen LogP contribution in [0.5, 0.6) is 0 Å². The van der Waals surface area contributed by atoms with Gasteiger partial charge in [0.1, 0.15) is 5.56 Å². The van der Waals surface area contributed by atoms with Crippen LogP contribution in [0, 0.1) is 0 Å². The van der Waals surface area contributed by atoms with Crippen LogP contribution in [-0.2, 0) is 25.8 Å². The zero-order valence-electron chi connectivity index (χ0n) is 15.5. The summed E-state index contributed by atoms with van der Waals surface area (Å²) in [5.74, 6) is -0.366. The molecule has 2 aromatic heterocycles. The van der Waals surface area contributed by atoms with Crippen LogP contribution in [0.2, 0.25) is 0 Å². The maximum atomic E-state index is 13.0. The van der Waals surface area contributed by atoms with Gasteiger partial charge in [0.2, 0.25) is 0 Å². The molecule has 0 spiro atoms. The van der Waals surface area contributed by atoms with Gasteiger partial charge in [-0.1, -0.05) is 37.6 Å². The fourth-order valence-electron chi connectivity index (χ4n) is 3.57. The number of carbonyl (C=O) groups is 1. The Kier molecular flexibility index (Phi) is 5.07. The van der Waals surface area contributed by atoms with Crippen molar-refractivity contribution in [2.75, 3.05) is 0 Å². The molecule has 0 aliphatic heterocycles. The van der Waals surface area contributed by atoms with E-state index in [2.05, 4.69) is 29.4 Å². The van der Waals surface area contributed by atoms with Crippen LogP contribution in [0.3, 0.4) is 0 Å². The van der Waals surface area contributed by atoms with E-state index < -0.39 is 0 Å². The molecule has 0 saturated carbocycles. The highest BCUT2D eigenvalue weighted by atomic mass is 32.1. The standard InChI is InChI=1S/C21H23N3O2S/c1-2-14-8-10-15(11-9-14)12-22-19(25)16-13-23-21-24(20(16)26)17-6-4-3-5-7-18(17)27-21/h8-11,13H,2-7,12H2,1H3,(H,22,25). The summed E-state index contributed by atoms with van der Waals surface area (Å²) in [6.45, 7) is 2.51. The Bertz CT molecular complexity index is 1030. The van der Waals surface area contributed by atoms with Gasteiger partial charge < -0.3 is 5.32 Å². The molecule has 1 aliphatic carbocycles. The predicted octanol–water partition coefficient (Wildman–Crippen LogP) is 3.52. The topological polar surface area (TPSA) is 63.5 Å². The lowest BCUT2D eigenvalue weighted by Gasteiger charge is -2.07. The van der Waals surface area contributed by atoms with Gasteiger partial charge in [-0.3, -0.25) is 14.0 Å². The lowest BCUT2D eigenvalue weighted by Crippen LogP contribution is -2.31. The molecule has 1 aliphatic rings. The molecule has 0 unspecified atom stereocenters. The summed E-state index contributed by atoms with van der Waals surface area (Å²) in [5.41, 5.74) is 3.19. The number of nitrogens with zero attached hydrogens (tertiary/aromatic N) is 2. The number of carbonyl (C=O) groups excluding carboxylic acids is 1. The average Bonchev–Trinajstić information content (AvgIpc) is 2.89. The summed E-state index contributed by atoms with van der Waals surface area (Å²) in [6, 6.07) is 8.13. The molecule has 4 rings (SSSR count). The van der Waals surface area contributed by atoms with E-state index in [0.717, 1.165) is 43.4 Å². The lowest BCUT2D eigenvalue weighted by atomic mass is 10.1. The molecule has 3 aromatic rings. The van der Waals surface area contributed by atoms with Gasteiger partial charge in [0.05, 0.1) is 0 Å². The number of hydrogen-bond acceptors (Lipinski definition) is 4. The zero-order valence-corrected chi connectivity index (χ0v) is 16.3. The van der Waals surface area contributed by atoms with E-state index >= 15 is 0 Å². The zero-order chi connectivity index (χ0) is 18.8. The molecule has 0 fully saturated rings. The van der Waals surface area contributed by atoms with E-state index in [1.54, 1.807) is 15.7 Å². The fraction of sp³-hybridized carbons (Fsp3) is 0.381. The Labute approximate surface area is 162 Å². The maximum Gasteiger partial charge on any atom is 0.271 e. The van der Waals surface area contributed by atoms with Gasteiger partial charge in [-0.05, 0) is 43.2 Å². The van der Waals surface area contributed by atoms with Crippen molar-refractivity contribution in [3.05, 3.63) is 68.1 Å². The summed E-state index contributed by atoms with van der Waals surface area (Å²) in [5, 5.41) is 2.85. The van der Waals surface area contributed by atoms with Crippen molar-refractivity contribution in [2.24, 2.45) is 0 Å². The van der Waals surface area contributed by atoms with Gasteiger partial charge in [0.15, 0.2) is 4.96 Å². The highest BCUT2D eigenvalue weighted by molar-refractivity contribution is 7.17. The van der Waals surface area contributed by atoms with Crippen LogP contribution in [0.4, 0.5) is 0 Å². The highest BCUT2D eigenvalue weighted by Crippen LogP contribution is 2.27. The quantitative estimate of drug-likeness (QED) is 0.704. The molecule has 1 aromatic carbocycles. The minimum absolute atomic E-state index is 0.113. The second-order valence-corrected chi connectivity index (χ2v) is 8.04. The molecule has 1 N–H and O–H groups in total. The number of thiazole rings is 1. The summed E-state index contributed by atoms with van der Waals surface area (Å²) in [4.78, 5) is 31.9. The van der Waals surface area contributed by atoms with Crippen LogP contribution in [-0.4, -0.2) is 15.3 Å². The average molecular weight is 382 g/mol. The number of rotatable bonds is 4. The first-order valence-electron chi connectivity index (χ1n) is 9.55. The molecular weight excluding hydrogens is 358 g/mol. The van der Waals surface area contributed by atoms with Crippen LogP contribution in [0.15, 0.2) is 35.3 Å². The lowest BCUT2D eigenvalue weighted by molar-refractivity contribution is 0.0949. The van der Waals surface area contributed by atoms with Crippen LogP contribution < -0.4 is 10.9 Å². The van der Waals surface area contributed by atoms with E-state index in [4.69, 9.17) is 0 Å². The van der Waals surface area contributed by atoms with Crippen molar-refractivity contribution in [3.63, 3.8) is 0 Å². The molecule has 27 heavy (non-hydrogen) atoms. The molecule has 0 atom stereocenters. The number of nitrogens with one attached hydrogen (secondary N) is 1. The Hall–Kier alpha value is -2.47. The van der Waals surface area contributed by atoms with E-state index in [1.807, 2.05) is 12.1 Å². The monoisotopic (exact) mass is 381 g/mol. The number of benzene rings is 1. The minimum atomic E-state index is -0.366. The molecule has 5 nitrogen and oxygen atoms in total. The van der Waals surface area contributed by atoms with Crippen molar-refractivity contribution < 1.29 is 4.79 Å². The van der Waals surface area contributed by atoms with E-state index in [1.165, 1.54) is 23.1 Å². The summed E-state index contributed by atoms with van der Waals surface area (Å²) in [6.07, 6.45) is 7.70. The number of aromatic nitrogens is 2. The van der Waals surface area contributed by atoms with E-state index in [9.17, 15) is 9.59 Å². The second kappa shape index (κ2) is 7.64. The van der Waals surface area contributed by atoms with Gasteiger partial charge in [0.25, 0.3) is 11.5 Å². The van der Waals surface area contributed by atoms with Gasteiger partial charge in [-0.25, -0.2) is 4.98 Å². The third-order valence-corrected chi connectivity index (χ3v) is 6.34. The normalized spacial score (nSPS) is 14.0.